The Bertz CT molecular complexity index is 1740. The fourth-order valence-corrected chi connectivity index (χ4v) is 4.84. The van der Waals surface area contributed by atoms with Crippen LogP contribution in [0.2, 0.25) is 0 Å². The molecule has 0 heterocycles. The molecule has 4 rings (SSSR count). The third-order valence-corrected chi connectivity index (χ3v) is 7.26. The molecule has 0 aliphatic carbocycles. The van der Waals surface area contributed by atoms with Gasteiger partial charge in [-0.3, -0.25) is 4.79 Å². The van der Waals surface area contributed by atoms with Gasteiger partial charge in [-0.25, -0.2) is 0 Å². The molecule has 0 amide bonds. The van der Waals surface area contributed by atoms with Crippen LogP contribution in [0.3, 0.4) is 0 Å². The highest BCUT2D eigenvalue weighted by atomic mass is 32.3. The monoisotopic (exact) mass is 655 g/mol. The van der Waals surface area contributed by atoms with Gasteiger partial charge in [0.2, 0.25) is 0 Å². The summed E-state index contributed by atoms with van der Waals surface area (Å²) in [6.07, 6.45) is 0.418. The molecule has 0 aliphatic heterocycles. The molecule has 0 radical (unpaired) electrons. The maximum atomic E-state index is 11.0. The molecule has 0 fully saturated rings. The zero-order chi connectivity index (χ0) is 33.3. The molecular formula is C30H33N5O10S. The number of fused-ring (bicyclic) bond motifs is 1. The molecule has 46 heavy (non-hydrogen) atoms. The van der Waals surface area contributed by atoms with Crippen LogP contribution in [-0.4, -0.2) is 66.5 Å². The maximum Gasteiger partial charge on any atom is 0.307 e. The van der Waals surface area contributed by atoms with E-state index in [1.165, 1.54) is 36.4 Å². The van der Waals surface area contributed by atoms with Crippen molar-refractivity contribution in [2.45, 2.75) is 24.2 Å². The number of ether oxygens (including phenoxy) is 2. The van der Waals surface area contributed by atoms with Crippen LogP contribution < -0.4 is 15.2 Å². The van der Waals surface area contributed by atoms with Crippen LogP contribution in [0.5, 0.6) is 17.2 Å². The van der Waals surface area contributed by atoms with Crippen LogP contribution in [0.4, 0.5) is 28.4 Å². The summed E-state index contributed by atoms with van der Waals surface area (Å²) in [5.74, 6) is -1.21. The van der Waals surface area contributed by atoms with Crippen molar-refractivity contribution in [2.75, 3.05) is 32.2 Å². The molecule has 0 aliphatic rings. The summed E-state index contributed by atoms with van der Waals surface area (Å²) in [5.41, 5.74) is 7.00. The molecule has 0 bridgehead atoms. The predicted molar refractivity (Wildman–Crippen MR) is 171 cm³/mol. The summed E-state index contributed by atoms with van der Waals surface area (Å²) in [4.78, 5) is 10.5. The van der Waals surface area contributed by atoms with Gasteiger partial charge in [-0.1, -0.05) is 18.2 Å². The first-order valence-corrected chi connectivity index (χ1v) is 15.4. The lowest BCUT2D eigenvalue weighted by molar-refractivity contribution is -0.136. The first-order valence-electron chi connectivity index (χ1n) is 13.9. The highest BCUT2D eigenvalue weighted by Gasteiger charge is 2.25. The minimum absolute atomic E-state index is 0.0429. The largest absolute Gasteiger partial charge is 0.505 e. The van der Waals surface area contributed by atoms with Crippen LogP contribution in [0.15, 0.2) is 86.0 Å². The van der Waals surface area contributed by atoms with Gasteiger partial charge in [0.25, 0.3) is 0 Å². The van der Waals surface area contributed by atoms with E-state index >= 15 is 0 Å². The van der Waals surface area contributed by atoms with Crippen LogP contribution in [0, 0.1) is 0 Å². The second-order valence-electron chi connectivity index (χ2n) is 9.85. The number of carbonyl (C=O) groups is 1. The Morgan fingerprint density at radius 2 is 1.37 bits per heavy atom. The molecule has 0 unspecified atom stereocenters. The lowest BCUT2D eigenvalue weighted by atomic mass is 10.1. The Kier molecular flexibility index (Phi) is 11.4. The number of phenols is 1. The van der Waals surface area contributed by atoms with Gasteiger partial charge in [0.1, 0.15) is 39.4 Å². The number of benzene rings is 4. The second kappa shape index (κ2) is 15.4. The summed E-state index contributed by atoms with van der Waals surface area (Å²) < 4.78 is 42.0. The number of aromatic hydroxyl groups is 1. The van der Waals surface area contributed by atoms with Crippen molar-refractivity contribution in [1.29, 1.82) is 0 Å². The molecule has 0 atom stereocenters. The molecule has 244 valence electrons. The number of aliphatic hydroxyl groups excluding tert-OH is 2. The molecule has 4 aromatic carbocycles. The summed E-state index contributed by atoms with van der Waals surface area (Å²) in [6, 6.07) is 15.0. The number of rotatable bonds is 15. The lowest BCUT2D eigenvalue weighted by Crippen LogP contribution is -2.02. The van der Waals surface area contributed by atoms with Crippen molar-refractivity contribution in [3.63, 3.8) is 0 Å². The smallest absolute Gasteiger partial charge is 0.307 e. The first-order chi connectivity index (χ1) is 22.0. The van der Waals surface area contributed by atoms with Gasteiger partial charge in [-0.15, -0.1) is 15.3 Å². The number of azo groups is 2. The number of nitrogen functional groups attached to an aromatic ring is 1. The third kappa shape index (κ3) is 8.87. The first kappa shape index (κ1) is 34.0. The van der Waals surface area contributed by atoms with E-state index in [1.807, 2.05) is 0 Å². The number of anilines is 1. The van der Waals surface area contributed by atoms with E-state index < -0.39 is 33.2 Å². The summed E-state index contributed by atoms with van der Waals surface area (Å²) in [5, 5.41) is 55.8. The Labute approximate surface area is 264 Å². The van der Waals surface area contributed by atoms with Crippen LogP contribution in [-0.2, 0) is 11.2 Å². The van der Waals surface area contributed by atoms with Gasteiger partial charge >= 0.3 is 5.97 Å². The quantitative estimate of drug-likeness (QED) is 0.0380. The van der Waals surface area contributed by atoms with Gasteiger partial charge in [0, 0.05) is 49.3 Å². The number of phenolic OH excluding ortho intramolecular Hbond substituents is 1. The Morgan fingerprint density at radius 3 is 1.91 bits per heavy atom. The Balaban J connectivity index is 1.80. The highest BCUT2D eigenvalue weighted by Crippen LogP contribution is 2.54. The topological polar surface area (TPSA) is 253 Å². The molecule has 0 aromatic heterocycles. The minimum atomic E-state index is -4.37. The van der Waals surface area contributed by atoms with E-state index in [2.05, 4.69) is 20.5 Å². The summed E-state index contributed by atoms with van der Waals surface area (Å²) >= 11 is 0. The van der Waals surface area contributed by atoms with Crippen LogP contribution in [0.1, 0.15) is 18.4 Å². The van der Waals surface area contributed by atoms with Gasteiger partial charge in [0.15, 0.2) is 5.75 Å². The third-order valence-electron chi connectivity index (χ3n) is 6.35. The maximum absolute atomic E-state index is 11.0. The number of carboxylic acid groups (broad SMARTS) is 1. The fourth-order valence-electron chi connectivity index (χ4n) is 4.15. The normalized spacial score (nSPS) is 12.3. The van der Waals surface area contributed by atoms with Crippen molar-refractivity contribution in [2.24, 2.45) is 20.5 Å². The number of aliphatic hydroxyl groups is 2. The number of hydrogen-bond donors (Lipinski definition) is 8. The van der Waals surface area contributed by atoms with Crippen molar-refractivity contribution < 1.29 is 48.4 Å². The summed E-state index contributed by atoms with van der Waals surface area (Å²) in [6.45, 7) is -0.146. The molecule has 9 N–H and O–H groups in total. The Hall–Kier alpha value is -4.84. The molecule has 4 aromatic rings. The molecule has 0 saturated heterocycles. The van der Waals surface area contributed by atoms with E-state index in [9.17, 15) is 33.8 Å². The van der Waals surface area contributed by atoms with Crippen molar-refractivity contribution in [3.8, 4) is 17.2 Å². The number of aliphatic carboxylic acids is 1. The molecule has 16 heteroatoms. The number of hydrogen-bond acceptors (Lipinski definition) is 14. The van der Waals surface area contributed by atoms with E-state index in [0.717, 1.165) is 0 Å². The summed E-state index contributed by atoms with van der Waals surface area (Å²) in [7, 11) is -4.37. The molecule has 0 saturated carbocycles. The van der Waals surface area contributed by atoms with E-state index in [0.29, 0.717) is 28.7 Å². The highest BCUT2D eigenvalue weighted by molar-refractivity contribution is 8.19. The zero-order valence-corrected chi connectivity index (χ0v) is 25.2. The lowest BCUT2D eigenvalue weighted by Gasteiger charge is -2.22. The minimum Gasteiger partial charge on any atom is -0.505 e. The standard InChI is InChI=1S/C30H33N5O10S/c31-20-6-5-19-14-27(46(41,42)43)29(30(40)22(19)15-20)35-34-24-17-25(44-11-1-9-36)23(16-26(24)45-12-2-10-37)33-32-21-7-3-18(4-8-21)13-28(38)39/h3-8,14-17,36-37,40-43H,1-2,9-13,31H2,(H,38,39). The van der Waals surface area contributed by atoms with Gasteiger partial charge in [-0.2, -0.15) is 5.11 Å². The SMILES string of the molecule is Nc1ccc2cc(S(O)(O)O)c(N=Nc3cc(OCCCO)c(N=Nc4ccc(CC(=O)O)cc4)cc3OCCCO)c(O)c2c1. The van der Waals surface area contributed by atoms with Crippen molar-refractivity contribution in [1.82, 2.24) is 0 Å². The fraction of sp³-hybridized carbons (Fsp3) is 0.233. The van der Waals surface area contributed by atoms with Crippen LogP contribution >= 0.6 is 10.9 Å². The average Bonchev–Trinajstić information content (AvgIpc) is 3.01. The van der Waals surface area contributed by atoms with E-state index in [4.69, 9.17) is 20.3 Å². The number of carboxylic acids is 1. The average molecular weight is 656 g/mol. The zero-order valence-electron chi connectivity index (χ0n) is 24.4. The van der Waals surface area contributed by atoms with Crippen molar-refractivity contribution >= 4 is 56.0 Å². The van der Waals surface area contributed by atoms with Gasteiger partial charge < -0.3 is 49.3 Å². The molecule has 0 spiro atoms. The van der Waals surface area contributed by atoms with Crippen molar-refractivity contribution in [3.05, 3.63) is 66.2 Å². The van der Waals surface area contributed by atoms with E-state index in [1.54, 1.807) is 24.3 Å². The Morgan fingerprint density at radius 1 is 0.783 bits per heavy atom. The van der Waals surface area contributed by atoms with E-state index in [-0.39, 0.29) is 67.5 Å². The molecular weight excluding hydrogens is 622 g/mol. The van der Waals surface area contributed by atoms with Gasteiger partial charge in [-0.05, 0) is 41.3 Å². The number of nitrogens with zero attached hydrogens (tertiary/aromatic N) is 4. The van der Waals surface area contributed by atoms with Gasteiger partial charge in [0.05, 0.1) is 30.2 Å². The predicted octanol–water partition coefficient (Wildman–Crippen LogP) is 6.69. The number of nitrogens with two attached hydrogens (primary N) is 1. The second-order valence-corrected chi connectivity index (χ2v) is 11.3. The van der Waals surface area contributed by atoms with Crippen LogP contribution in [0.25, 0.3) is 10.8 Å². The molecule has 15 nitrogen and oxygen atoms in total.